The van der Waals surface area contributed by atoms with E-state index in [-0.39, 0.29) is 46.8 Å². The van der Waals surface area contributed by atoms with E-state index >= 15 is 0 Å². The molecule has 1 fully saturated rings. The largest absolute Gasteiger partial charge is 0.391 e. The number of nitrogens with one attached hydrogen (secondary N) is 2. The van der Waals surface area contributed by atoms with Crippen molar-refractivity contribution in [2.24, 2.45) is 11.8 Å². The van der Waals surface area contributed by atoms with Gasteiger partial charge in [-0.25, -0.2) is 0 Å². The summed E-state index contributed by atoms with van der Waals surface area (Å²) in [6, 6.07) is 2.07. The predicted molar refractivity (Wildman–Crippen MR) is 101 cm³/mol. The van der Waals surface area contributed by atoms with Gasteiger partial charge in [0.2, 0.25) is 0 Å². The number of hydrogen-bond donors (Lipinski definition) is 2. The van der Waals surface area contributed by atoms with Crippen LogP contribution in [0.15, 0.2) is 12.1 Å². The van der Waals surface area contributed by atoms with Crippen LogP contribution in [-0.4, -0.2) is 29.6 Å². The second kappa shape index (κ2) is 8.98. The smallest absolute Gasteiger partial charge is 0.380 e. The van der Waals surface area contributed by atoms with Crippen molar-refractivity contribution < 1.29 is 22.9 Å². The van der Waals surface area contributed by atoms with E-state index < -0.39 is 22.9 Å². The van der Waals surface area contributed by atoms with E-state index in [0.717, 1.165) is 6.07 Å². The molecule has 1 aromatic carbocycles. The normalized spacial score (nSPS) is 21.1. The fraction of sp³-hybridized carbons (Fsp3) is 0.611. The topological polar surface area (TPSA) is 84.3 Å². The molecule has 2 N–H and O–H groups in total. The minimum absolute atomic E-state index is 0.0363. The zero-order valence-corrected chi connectivity index (χ0v) is 16.4. The Kier molecular flexibility index (Phi) is 7.14. The van der Waals surface area contributed by atoms with E-state index in [2.05, 4.69) is 10.6 Å². The Morgan fingerprint density at radius 3 is 2.43 bits per heavy atom. The molecular weight excluding hydrogens is 399 g/mol. The Hall–Kier alpha value is -2.03. The lowest BCUT2D eigenvalue weighted by Gasteiger charge is -2.33. The van der Waals surface area contributed by atoms with Crippen LogP contribution in [0.4, 0.5) is 24.5 Å². The number of nitro groups is 1. The maximum Gasteiger partial charge on any atom is 0.391 e. The molecule has 28 heavy (non-hydrogen) atoms. The molecule has 2 rings (SSSR count). The van der Waals surface area contributed by atoms with Crippen LogP contribution in [0.25, 0.3) is 0 Å². The molecule has 0 aromatic heterocycles. The molecular formula is C18H23ClF3N3O3. The summed E-state index contributed by atoms with van der Waals surface area (Å²) in [5.74, 6) is -1.96. The number of nitrogens with zero attached hydrogens (tertiary/aromatic N) is 1. The number of rotatable bonds is 6. The first-order valence-electron chi connectivity index (χ1n) is 9.14. The quantitative estimate of drug-likeness (QED) is 0.490. The van der Waals surface area contributed by atoms with Gasteiger partial charge in [-0.3, -0.25) is 14.9 Å². The molecule has 0 bridgehead atoms. The van der Waals surface area contributed by atoms with Crippen LogP contribution in [-0.2, 0) is 0 Å². The summed E-state index contributed by atoms with van der Waals surface area (Å²) in [5, 5.41) is 16.9. The standard InChI is InChI=1S/C18H23ClF3N3O3/c1-3-23-15-9-14(19)13(8-16(15)25(27)28)17(26)24-10(2)11-4-6-12(7-5-11)18(20,21)22/h8-12,23H,3-7H2,1-2H3,(H,24,26)/t10-,11?,12?/m1/s1. The van der Waals surface area contributed by atoms with Gasteiger partial charge in [-0.2, -0.15) is 13.2 Å². The molecule has 0 saturated heterocycles. The van der Waals surface area contributed by atoms with E-state index in [0.29, 0.717) is 19.4 Å². The van der Waals surface area contributed by atoms with Crippen LogP contribution >= 0.6 is 11.6 Å². The highest BCUT2D eigenvalue weighted by Crippen LogP contribution is 2.40. The average molecular weight is 422 g/mol. The average Bonchev–Trinajstić information content (AvgIpc) is 2.61. The van der Waals surface area contributed by atoms with Crippen LogP contribution in [0.1, 0.15) is 49.9 Å². The first-order chi connectivity index (χ1) is 13.0. The number of nitro benzene ring substituents is 1. The van der Waals surface area contributed by atoms with Crippen LogP contribution in [0.2, 0.25) is 5.02 Å². The number of alkyl halides is 3. The van der Waals surface area contributed by atoms with Gasteiger partial charge < -0.3 is 10.6 Å². The third-order valence-corrected chi connectivity index (χ3v) is 5.51. The van der Waals surface area contributed by atoms with Gasteiger partial charge in [0.15, 0.2) is 0 Å². The Balaban J connectivity index is 2.08. The minimum atomic E-state index is -4.18. The van der Waals surface area contributed by atoms with Crippen molar-refractivity contribution in [1.29, 1.82) is 0 Å². The third-order valence-electron chi connectivity index (χ3n) is 5.19. The molecule has 1 amide bonds. The number of amides is 1. The van der Waals surface area contributed by atoms with E-state index in [4.69, 9.17) is 11.6 Å². The van der Waals surface area contributed by atoms with Crippen molar-refractivity contribution in [3.8, 4) is 0 Å². The zero-order valence-electron chi connectivity index (χ0n) is 15.6. The summed E-state index contributed by atoms with van der Waals surface area (Å²) in [4.78, 5) is 23.2. The Bertz CT molecular complexity index is 735. The van der Waals surface area contributed by atoms with Gasteiger partial charge in [-0.05, 0) is 51.5 Å². The van der Waals surface area contributed by atoms with Crippen molar-refractivity contribution in [3.05, 3.63) is 32.8 Å². The van der Waals surface area contributed by atoms with E-state index in [1.165, 1.54) is 6.07 Å². The van der Waals surface area contributed by atoms with Crippen molar-refractivity contribution in [2.75, 3.05) is 11.9 Å². The first kappa shape index (κ1) is 22.3. The summed E-state index contributed by atoms with van der Waals surface area (Å²) in [5.41, 5.74) is -0.0897. The highest BCUT2D eigenvalue weighted by molar-refractivity contribution is 6.34. The molecule has 1 aliphatic carbocycles. The van der Waals surface area contributed by atoms with Gasteiger partial charge in [0.25, 0.3) is 11.6 Å². The lowest BCUT2D eigenvalue weighted by molar-refractivity contribution is -0.384. The number of benzene rings is 1. The van der Waals surface area contributed by atoms with E-state index in [1.807, 2.05) is 0 Å². The van der Waals surface area contributed by atoms with Crippen molar-refractivity contribution >= 4 is 28.9 Å². The molecule has 1 saturated carbocycles. The minimum Gasteiger partial charge on any atom is -0.380 e. The van der Waals surface area contributed by atoms with Gasteiger partial charge in [-0.1, -0.05) is 11.6 Å². The van der Waals surface area contributed by atoms with Crippen molar-refractivity contribution in [2.45, 2.75) is 51.7 Å². The lowest BCUT2D eigenvalue weighted by atomic mass is 9.78. The van der Waals surface area contributed by atoms with E-state index in [9.17, 15) is 28.1 Å². The molecule has 0 spiro atoms. The number of hydrogen-bond acceptors (Lipinski definition) is 4. The highest BCUT2D eigenvalue weighted by Gasteiger charge is 2.42. The summed E-state index contributed by atoms with van der Waals surface area (Å²) in [6.45, 7) is 3.94. The third kappa shape index (κ3) is 5.27. The summed E-state index contributed by atoms with van der Waals surface area (Å²) < 4.78 is 38.4. The molecule has 0 radical (unpaired) electrons. The molecule has 10 heteroatoms. The molecule has 1 aliphatic rings. The van der Waals surface area contributed by atoms with Crippen LogP contribution in [0.3, 0.4) is 0 Å². The fourth-order valence-corrected chi connectivity index (χ4v) is 3.82. The molecule has 6 nitrogen and oxygen atoms in total. The van der Waals surface area contributed by atoms with Crippen LogP contribution in [0.5, 0.6) is 0 Å². The molecule has 0 aliphatic heterocycles. The zero-order chi connectivity index (χ0) is 21.1. The Labute approximate surface area is 166 Å². The first-order valence-corrected chi connectivity index (χ1v) is 9.51. The monoisotopic (exact) mass is 421 g/mol. The maximum absolute atomic E-state index is 12.8. The molecule has 1 aromatic rings. The van der Waals surface area contributed by atoms with Gasteiger partial charge in [0.1, 0.15) is 5.69 Å². The Morgan fingerprint density at radius 2 is 1.93 bits per heavy atom. The number of anilines is 1. The molecule has 1 atom stereocenters. The lowest BCUT2D eigenvalue weighted by Crippen LogP contribution is -2.41. The van der Waals surface area contributed by atoms with Gasteiger partial charge in [0.05, 0.1) is 21.4 Å². The fourth-order valence-electron chi connectivity index (χ4n) is 3.57. The van der Waals surface area contributed by atoms with Crippen LogP contribution < -0.4 is 10.6 Å². The summed E-state index contributed by atoms with van der Waals surface area (Å²) in [7, 11) is 0. The molecule has 0 heterocycles. The van der Waals surface area contributed by atoms with Gasteiger partial charge in [0, 0.05) is 18.7 Å². The van der Waals surface area contributed by atoms with Gasteiger partial charge in [-0.15, -0.1) is 0 Å². The predicted octanol–water partition coefficient (Wildman–Crippen LogP) is 5.17. The maximum atomic E-state index is 12.8. The van der Waals surface area contributed by atoms with Crippen LogP contribution in [0, 0.1) is 22.0 Å². The summed E-state index contributed by atoms with van der Waals surface area (Å²) in [6.07, 6.45) is -3.38. The summed E-state index contributed by atoms with van der Waals surface area (Å²) >= 11 is 6.13. The second-order valence-corrected chi connectivity index (χ2v) is 7.46. The van der Waals surface area contributed by atoms with Crippen molar-refractivity contribution in [1.82, 2.24) is 5.32 Å². The Morgan fingerprint density at radius 1 is 1.32 bits per heavy atom. The molecule has 0 unspecified atom stereocenters. The van der Waals surface area contributed by atoms with Gasteiger partial charge >= 0.3 is 6.18 Å². The SMILES string of the molecule is CCNc1cc(Cl)c(C(=O)N[C@H](C)C2CCC(C(F)(F)F)CC2)cc1[N+](=O)[O-]. The number of carbonyl (C=O) groups is 1. The van der Waals surface area contributed by atoms with E-state index in [1.54, 1.807) is 13.8 Å². The molecule has 156 valence electrons. The highest BCUT2D eigenvalue weighted by atomic mass is 35.5. The number of carbonyl (C=O) groups excluding carboxylic acids is 1. The second-order valence-electron chi connectivity index (χ2n) is 7.05. The number of halogens is 4. The van der Waals surface area contributed by atoms with Crippen molar-refractivity contribution in [3.63, 3.8) is 0 Å².